The maximum Gasteiger partial charge on any atom is 0.407 e. The lowest BCUT2D eigenvalue weighted by molar-refractivity contribution is 0.00798. The van der Waals surface area contributed by atoms with Gasteiger partial charge in [-0.3, -0.25) is 0 Å². The van der Waals surface area contributed by atoms with Crippen molar-refractivity contribution in [3.63, 3.8) is 0 Å². The summed E-state index contributed by atoms with van der Waals surface area (Å²) >= 11 is 1.52. The molecule has 0 unspecified atom stereocenters. The van der Waals surface area contributed by atoms with Gasteiger partial charge in [0.05, 0.1) is 17.5 Å². The van der Waals surface area contributed by atoms with Crippen molar-refractivity contribution in [3.8, 4) is 11.3 Å². The summed E-state index contributed by atoms with van der Waals surface area (Å²) in [6.07, 6.45) is 2.35. The van der Waals surface area contributed by atoms with Crippen molar-refractivity contribution in [2.24, 2.45) is 0 Å². The van der Waals surface area contributed by atoms with Crippen LogP contribution in [-0.2, 0) is 4.74 Å². The zero-order valence-corrected chi connectivity index (χ0v) is 21.4. The summed E-state index contributed by atoms with van der Waals surface area (Å²) in [5.74, 6) is 0.872. The minimum atomic E-state index is -0.968. The first-order valence-corrected chi connectivity index (χ1v) is 12.2. The van der Waals surface area contributed by atoms with E-state index in [2.05, 4.69) is 26.3 Å². The van der Waals surface area contributed by atoms with Gasteiger partial charge >= 0.3 is 6.09 Å². The van der Waals surface area contributed by atoms with E-state index in [0.717, 1.165) is 32.9 Å². The summed E-state index contributed by atoms with van der Waals surface area (Å²) in [4.78, 5) is 26.2. The first-order valence-electron chi connectivity index (χ1n) is 11.4. The van der Waals surface area contributed by atoms with Gasteiger partial charge in [-0.15, -0.1) is 5.10 Å². The number of carbonyl (C=O) groups excluding carboxylic acids is 1. The molecule has 0 atom stereocenters. The van der Waals surface area contributed by atoms with Gasteiger partial charge in [-0.25, -0.2) is 19.3 Å². The van der Waals surface area contributed by atoms with Crippen LogP contribution >= 0.6 is 11.3 Å². The monoisotopic (exact) mass is 487 g/mol. The Hall–Kier alpha value is -2.92. The second kappa shape index (κ2) is 9.03. The minimum absolute atomic E-state index is 0.162. The molecule has 1 fully saturated rings. The molecule has 34 heavy (non-hydrogen) atoms. The van der Waals surface area contributed by atoms with Gasteiger partial charge in [0, 0.05) is 45.0 Å². The Morgan fingerprint density at radius 3 is 2.65 bits per heavy atom. The number of pyridine rings is 1. The van der Waals surface area contributed by atoms with E-state index in [0.29, 0.717) is 25.9 Å². The molecule has 0 bridgehead atoms. The molecule has 0 spiro atoms. The van der Waals surface area contributed by atoms with Crippen LogP contribution in [0, 0.1) is 6.92 Å². The number of amides is 1. The predicted molar refractivity (Wildman–Crippen MR) is 134 cm³/mol. The molecule has 184 valence electrons. The highest BCUT2D eigenvalue weighted by atomic mass is 32.1. The number of aliphatic hydroxyl groups is 1. The molecule has 1 amide bonds. The molecule has 0 aromatic carbocycles. The Bertz CT molecular complexity index is 1170. The maximum atomic E-state index is 12.0. The van der Waals surface area contributed by atoms with Crippen molar-refractivity contribution >= 4 is 33.3 Å². The molecule has 10 nitrogen and oxygen atoms in total. The highest BCUT2D eigenvalue weighted by molar-refractivity contribution is 7.20. The van der Waals surface area contributed by atoms with Crippen LogP contribution in [0.25, 0.3) is 16.2 Å². The number of aryl methyl sites for hydroxylation is 1. The average Bonchev–Trinajstić information content (AvgIpc) is 3.33. The lowest BCUT2D eigenvalue weighted by Gasteiger charge is -2.38. The molecule has 0 aliphatic carbocycles. The fourth-order valence-electron chi connectivity index (χ4n) is 3.92. The summed E-state index contributed by atoms with van der Waals surface area (Å²) in [5.41, 5.74) is 1.28. The van der Waals surface area contributed by atoms with E-state index in [9.17, 15) is 9.90 Å². The fourth-order valence-corrected chi connectivity index (χ4v) is 4.85. The summed E-state index contributed by atoms with van der Waals surface area (Å²) in [6, 6.07) is 4.05. The number of anilines is 2. The number of alkyl carbamates (subject to hydrolysis) is 1. The molecule has 4 heterocycles. The third kappa shape index (κ3) is 5.25. The molecule has 0 radical (unpaired) electrons. The Kier molecular flexibility index (Phi) is 6.43. The number of hydrogen-bond donors (Lipinski definition) is 2. The Labute approximate surface area is 203 Å². The lowest BCUT2D eigenvalue weighted by atomic mass is 9.91. The summed E-state index contributed by atoms with van der Waals surface area (Å²) in [5, 5.41) is 19.3. The third-order valence-electron chi connectivity index (χ3n) is 5.71. The normalized spacial score (nSPS) is 16.0. The SMILES string of the molecule is Cc1ccc(-c2cnc3sc(N4CCC(O)(CNC(=O)OC(C)(C)C)CC4)nn23)c(N(C)C)n1. The smallest absolute Gasteiger partial charge is 0.407 e. The van der Waals surface area contributed by atoms with Crippen molar-refractivity contribution in [2.45, 2.75) is 51.7 Å². The molecule has 11 heteroatoms. The zero-order valence-electron chi connectivity index (χ0n) is 20.6. The van der Waals surface area contributed by atoms with Crippen molar-refractivity contribution in [2.75, 3.05) is 43.5 Å². The van der Waals surface area contributed by atoms with Gasteiger partial charge < -0.3 is 25.0 Å². The number of aromatic nitrogens is 4. The lowest BCUT2D eigenvalue weighted by Crippen LogP contribution is -2.51. The van der Waals surface area contributed by atoms with Crippen LogP contribution in [0.4, 0.5) is 15.7 Å². The second-order valence-corrected chi connectivity index (χ2v) is 10.9. The van der Waals surface area contributed by atoms with Crippen molar-refractivity contribution in [1.29, 1.82) is 0 Å². The van der Waals surface area contributed by atoms with Crippen LogP contribution in [0.2, 0.25) is 0 Å². The molecule has 4 rings (SSSR count). The van der Waals surface area contributed by atoms with Gasteiger partial charge in [0.15, 0.2) is 0 Å². The topological polar surface area (TPSA) is 108 Å². The van der Waals surface area contributed by atoms with Gasteiger partial charge in [0.25, 0.3) is 0 Å². The van der Waals surface area contributed by atoms with Crippen molar-refractivity contribution in [3.05, 3.63) is 24.0 Å². The van der Waals surface area contributed by atoms with Crippen LogP contribution in [0.5, 0.6) is 0 Å². The largest absolute Gasteiger partial charge is 0.444 e. The third-order valence-corrected chi connectivity index (χ3v) is 6.70. The number of fused-ring (bicyclic) bond motifs is 1. The van der Waals surface area contributed by atoms with Crippen molar-refractivity contribution in [1.82, 2.24) is 24.9 Å². The number of rotatable bonds is 5. The van der Waals surface area contributed by atoms with Crippen LogP contribution in [0.15, 0.2) is 18.3 Å². The predicted octanol–water partition coefficient (Wildman–Crippen LogP) is 3.08. The summed E-state index contributed by atoms with van der Waals surface area (Å²) < 4.78 is 7.13. The second-order valence-electron chi connectivity index (χ2n) is 10.0. The number of carbonyl (C=O) groups is 1. The number of nitrogens with one attached hydrogen (secondary N) is 1. The Balaban J connectivity index is 1.46. The van der Waals surface area contributed by atoms with E-state index in [1.807, 2.05) is 63.5 Å². The molecule has 1 aliphatic heterocycles. The molecule has 0 saturated carbocycles. The van der Waals surface area contributed by atoms with Gasteiger partial charge in [0.2, 0.25) is 10.1 Å². The number of hydrogen-bond acceptors (Lipinski definition) is 9. The molecule has 1 saturated heterocycles. The van der Waals surface area contributed by atoms with E-state index >= 15 is 0 Å². The van der Waals surface area contributed by atoms with Gasteiger partial charge in [-0.05, 0) is 52.7 Å². The highest BCUT2D eigenvalue weighted by Gasteiger charge is 2.34. The molecule has 1 aliphatic rings. The van der Waals surface area contributed by atoms with Crippen molar-refractivity contribution < 1.29 is 14.6 Å². The molecular weight excluding hydrogens is 454 g/mol. The Morgan fingerprint density at radius 2 is 2.00 bits per heavy atom. The molecule has 2 N–H and O–H groups in total. The van der Waals surface area contributed by atoms with Crippen LogP contribution in [0.1, 0.15) is 39.3 Å². The highest BCUT2D eigenvalue weighted by Crippen LogP contribution is 2.34. The summed E-state index contributed by atoms with van der Waals surface area (Å²) in [6.45, 7) is 8.84. The van der Waals surface area contributed by atoms with E-state index < -0.39 is 17.3 Å². The van der Waals surface area contributed by atoms with E-state index in [4.69, 9.17) is 9.84 Å². The van der Waals surface area contributed by atoms with Crippen LogP contribution < -0.4 is 15.1 Å². The standard InChI is InChI=1S/C23H33N7O3S/c1-15-7-8-16(18(26-15)28(5)6)17-13-24-19-30(17)27-20(34-19)29-11-9-23(32,10-12-29)14-25-21(31)33-22(2,3)4/h7-8,13,32H,9-12,14H2,1-6H3,(H,25,31). The first kappa shape index (κ1) is 24.2. The van der Waals surface area contributed by atoms with E-state index in [-0.39, 0.29) is 6.54 Å². The van der Waals surface area contributed by atoms with Gasteiger partial charge in [-0.2, -0.15) is 0 Å². The number of nitrogens with zero attached hydrogens (tertiary/aromatic N) is 6. The molecular formula is C23H33N7O3S. The van der Waals surface area contributed by atoms with Gasteiger partial charge in [-0.1, -0.05) is 11.3 Å². The van der Waals surface area contributed by atoms with Crippen LogP contribution in [-0.4, -0.2) is 75.7 Å². The quantitative estimate of drug-likeness (QED) is 0.565. The minimum Gasteiger partial charge on any atom is -0.444 e. The first-order chi connectivity index (χ1) is 15.9. The number of piperidine rings is 1. The number of imidazole rings is 1. The zero-order chi connectivity index (χ0) is 24.7. The molecule has 3 aromatic heterocycles. The Morgan fingerprint density at radius 1 is 1.29 bits per heavy atom. The number of ether oxygens (including phenoxy) is 1. The maximum absolute atomic E-state index is 12.0. The fraction of sp³-hybridized carbons (Fsp3) is 0.565. The van der Waals surface area contributed by atoms with E-state index in [1.165, 1.54) is 11.3 Å². The van der Waals surface area contributed by atoms with Gasteiger partial charge in [0.1, 0.15) is 11.4 Å². The average molecular weight is 488 g/mol. The van der Waals surface area contributed by atoms with E-state index in [1.54, 1.807) is 0 Å². The van der Waals surface area contributed by atoms with Crippen LogP contribution in [0.3, 0.4) is 0 Å². The summed E-state index contributed by atoms with van der Waals surface area (Å²) in [7, 11) is 3.95. The molecule has 3 aromatic rings.